The Labute approximate surface area is 119 Å². The summed E-state index contributed by atoms with van der Waals surface area (Å²) in [6.07, 6.45) is -4.21. The number of nitrogens with zero attached hydrogens (tertiary/aromatic N) is 2. The number of benzene rings is 1. The van der Waals surface area contributed by atoms with Crippen molar-refractivity contribution in [3.63, 3.8) is 0 Å². The van der Waals surface area contributed by atoms with Crippen LogP contribution in [-0.4, -0.2) is 16.2 Å². The van der Waals surface area contributed by atoms with E-state index in [1.54, 1.807) is 0 Å². The number of alkyl halides is 3. The molecule has 0 bridgehead atoms. The van der Waals surface area contributed by atoms with Crippen LogP contribution in [0.5, 0.6) is 10.9 Å². The third kappa shape index (κ3) is 3.34. The molecule has 0 spiro atoms. The Hall–Kier alpha value is -2.49. The molecule has 1 aromatic heterocycles. The van der Waals surface area contributed by atoms with Crippen molar-refractivity contribution in [3.8, 4) is 10.9 Å². The Kier molecular flexibility index (Phi) is 3.89. The summed E-state index contributed by atoms with van der Waals surface area (Å²) in [6, 6.07) is 3.32. The van der Waals surface area contributed by atoms with Gasteiger partial charge < -0.3 is 4.74 Å². The van der Waals surface area contributed by atoms with E-state index in [2.05, 4.69) is 4.98 Å². The summed E-state index contributed by atoms with van der Waals surface area (Å²) in [5.74, 6) is -0.298. The molecule has 2 rings (SSSR count). The number of aromatic nitrogens is 1. The van der Waals surface area contributed by atoms with Gasteiger partial charge in [-0.25, -0.2) is 0 Å². The van der Waals surface area contributed by atoms with Crippen LogP contribution in [0, 0.1) is 10.1 Å². The van der Waals surface area contributed by atoms with Crippen LogP contribution in [0.15, 0.2) is 23.6 Å². The molecule has 0 saturated carbocycles. The van der Waals surface area contributed by atoms with E-state index in [-0.39, 0.29) is 16.5 Å². The summed E-state index contributed by atoms with van der Waals surface area (Å²) in [5, 5.41) is 11.2. The van der Waals surface area contributed by atoms with E-state index >= 15 is 0 Å². The van der Waals surface area contributed by atoms with Crippen molar-refractivity contribution in [2.45, 2.75) is 6.18 Å². The first-order chi connectivity index (χ1) is 9.81. The van der Waals surface area contributed by atoms with Gasteiger partial charge in [0.2, 0.25) is 5.75 Å². The smallest absolute Gasteiger partial charge is 0.424 e. The number of nitro benzene ring substituents is 1. The predicted octanol–water partition coefficient (Wildman–Crippen LogP) is 3.67. The fourth-order valence-electron chi connectivity index (χ4n) is 1.37. The Morgan fingerprint density at radius 2 is 2.10 bits per heavy atom. The molecule has 2 aromatic rings. The molecule has 1 heterocycles. The van der Waals surface area contributed by atoms with Crippen molar-refractivity contribution in [2.75, 3.05) is 0 Å². The fourth-order valence-corrected chi connectivity index (χ4v) is 2.05. The molecule has 21 heavy (non-hydrogen) atoms. The van der Waals surface area contributed by atoms with Gasteiger partial charge in [0.25, 0.3) is 5.19 Å². The summed E-state index contributed by atoms with van der Waals surface area (Å²) in [6.45, 7) is 0. The van der Waals surface area contributed by atoms with Gasteiger partial charge in [-0.1, -0.05) is 11.3 Å². The van der Waals surface area contributed by atoms with Gasteiger partial charge in [-0.3, -0.25) is 14.9 Å². The maximum atomic E-state index is 12.4. The number of nitro groups is 1. The Balaban J connectivity index is 2.33. The van der Waals surface area contributed by atoms with Crippen LogP contribution in [-0.2, 0) is 6.18 Å². The molecule has 0 amide bonds. The second-order valence-corrected chi connectivity index (χ2v) is 4.52. The number of rotatable bonds is 4. The Bertz CT molecular complexity index is 699. The van der Waals surface area contributed by atoms with Gasteiger partial charge in [0.1, 0.15) is 6.29 Å². The fraction of sp³-hybridized carbons (Fsp3) is 0.0909. The summed E-state index contributed by atoms with van der Waals surface area (Å²) >= 11 is 0.556. The summed E-state index contributed by atoms with van der Waals surface area (Å²) in [5.41, 5.74) is -1.64. The molecule has 0 aliphatic carbocycles. The molecular weight excluding hydrogens is 313 g/mol. The van der Waals surface area contributed by atoms with Crippen LogP contribution in [0.3, 0.4) is 0 Å². The maximum absolute atomic E-state index is 12.4. The van der Waals surface area contributed by atoms with Crippen molar-refractivity contribution < 1.29 is 27.6 Å². The maximum Gasteiger partial charge on any atom is 0.434 e. The lowest BCUT2D eigenvalue weighted by Crippen LogP contribution is -2.04. The van der Waals surface area contributed by atoms with E-state index in [9.17, 15) is 28.1 Å². The first kappa shape index (κ1) is 14.9. The number of thiazole rings is 1. The van der Waals surface area contributed by atoms with Crippen molar-refractivity contribution in [3.05, 3.63) is 45.0 Å². The first-order valence-corrected chi connectivity index (χ1v) is 6.13. The molecule has 0 N–H and O–H groups in total. The predicted molar refractivity (Wildman–Crippen MR) is 65.7 cm³/mol. The highest BCUT2D eigenvalue weighted by Gasteiger charge is 2.34. The quantitative estimate of drug-likeness (QED) is 0.488. The molecule has 0 aliphatic rings. The van der Waals surface area contributed by atoms with Gasteiger partial charge in [-0.15, -0.1) is 0 Å². The van der Waals surface area contributed by atoms with Gasteiger partial charge in [-0.2, -0.15) is 18.2 Å². The first-order valence-electron chi connectivity index (χ1n) is 5.25. The van der Waals surface area contributed by atoms with Gasteiger partial charge in [0.15, 0.2) is 5.69 Å². The second-order valence-electron chi connectivity index (χ2n) is 3.70. The molecule has 0 atom stereocenters. The zero-order chi connectivity index (χ0) is 15.6. The van der Waals surface area contributed by atoms with Gasteiger partial charge in [-0.05, 0) is 12.1 Å². The van der Waals surface area contributed by atoms with Crippen molar-refractivity contribution in [2.24, 2.45) is 0 Å². The zero-order valence-electron chi connectivity index (χ0n) is 9.96. The SMILES string of the molecule is O=Cc1ccc(Oc2nc(C(F)(F)F)cs2)c([N+](=O)[O-])c1. The topological polar surface area (TPSA) is 82.3 Å². The van der Waals surface area contributed by atoms with Gasteiger partial charge in [0.05, 0.1) is 4.92 Å². The third-order valence-corrected chi connectivity index (χ3v) is 3.00. The van der Waals surface area contributed by atoms with Crippen molar-refractivity contribution >= 4 is 23.3 Å². The molecule has 0 aliphatic heterocycles. The number of halogens is 3. The largest absolute Gasteiger partial charge is 0.434 e. The van der Waals surface area contributed by atoms with Crippen LogP contribution in [0.25, 0.3) is 0 Å². The van der Waals surface area contributed by atoms with E-state index in [1.807, 2.05) is 0 Å². The highest BCUT2D eigenvalue weighted by atomic mass is 32.1. The van der Waals surface area contributed by atoms with E-state index in [1.165, 1.54) is 6.07 Å². The number of hydrogen-bond donors (Lipinski definition) is 0. The highest BCUT2D eigenvalue weighted by molar-refractivity contribution is 7.11. The molecule has 110 valence electrons. The molecule has 1 aromatic carbocycles. The minimum absolute atomic E-state index is 0.0455. The standard InChI is InChI=1S/C11H5F3N2O4S/c12-11(13,14)9-5-21-10(15-9)20-8-2-1-6(4-17)3-7(8)16(18)19/h1-5H. The molecule has 0 fully saturated rings. The number of carbonyl (C=O) groups excluding carboxylic acids is 1. The van der Waals surface area contributed by atoms with E-state index in [0.717, 1.165) is 17.5 Å². The summed E-state index contributed by atoms with van der Waals surface area (Å²) in [7, 11) is 0. The number of carbonyl (C=O) groups is 1. The highest BCUT2D eigenvalue weighted by Crippen LogP contribution is 2.36. The molecule has 0 unspecified atom stereocenters. The average Bonchev–Trinajstić information content (AvgIpc) is 2.87. The minimum Gasteiger partial charge on any atom is -0.424 e. The minimum atomic E-state index is -4.62. The molecule has 0 radical (unpaired) electrons. The number of hydrogen-bond acceptors (Lipinski definition) is 6. The number of aldehydes is 1. The van der Waals surface area contributed by atoms with E-state index < -0.39 is 22.5 Å². The monoisotopic (exact) mass is 318 g/mol. The molecule has 0 saturated heterocycles. The lowest BCUT2D eigenvalue weighted by Gasteiger charge is -2.03. The third-order valence-electron chi connectivity index (χ3n) is 2.29. The molecule has 6 nitrogen and oxygen atoms in total. The Morgan fingerprint density at radius 3 is 2.62 bits per heavy atom. The summed E-state index contributed by atoms with van der Waals surface area (Å²) < 4.78 is 42.2. The van der Waals surface area contributed by atoms with Crippen LogP contribution < -0.4 is 4.74 Å². The Morgan fingerprint density at radius 1 is 1.38 bits per heavy atom. The van der Waals surface area contributed by atoms with Crippen LogP contribution in [0.2, 0.25) is 0 Å². The normalized spacial score (nSPS) is 11.2. The lowest BCUT2D eigenvalue weighted by atomic mass is 10.2. The van der Waals surface area contributed by atoms with E-state index in [4.69, 9.17) is 4.74 Å². The van der Waals surface area contributed by atoms with Gasteiger partial charge in [0, 0.05) is 17.0 Å². The van der Waals surface area contributed by atoms with Crippen LogP contribution in [0.4, 0.5) is 18.9 Å². The van der Waals surface area contributed by atoms with Crippen molar-refractivity contribution in [1.82, 2.24) is 4.98 Å². The molecular formula is C11H5F3N2O4S. The van der Waals surface area contributed by atoms with Crippen LogP contribution in [0.1, 0.15) is 16.1 Å². The van der Waals surface area contributed by atoms with Gasteiger partial charge >= 0.3 is 11.9 Å². The van der Waals surface area contributed by atoms with Crippen LogP contribution >= 0.6 is 11.3 Å². The van der Waals surface area contributed by atoms with Crippen molar-refractivity contribution in [1.29, 1.82) is 0 Å². The lowest BCUT2D eigenvalue weighted by molar-refractivity contribution is -0.385. The average molecular weight is 318 g/mol. The summed E-state index contributed by atoms with van der Waals surface area (Å²) in [4.78, 5) is 23.8. The molecule has 10 heteroatoms. The second kappa shape index (κ2) is 5.48. The van der Waals surface area contributed by atoms with E-state index in [0.29, 0.717) is 17.6 Å². The zero-order valence-corrected chi connectivity index (χ0v) is 10.8. The number of ether oxygens (including phenoxy) is 1.